The molecule has 0 atom stereocenters. The molecule has 0 amide bonds. The van der Waals surface area contributed by atoms with E-state index in [1.807, 2.05) is 6.07 Å². The number of rotatable bonds is 2. The lowest BCUT2D eigenvalue weighted by molar-refractivity contribution is 0.358. The van der Waals surface area contributed by atoms with Crippen LogP contribution in [-0.2, 0) is 13.1 Å². The van der Waals surface area contributed by atoms with Gasteiger partial charge in [-0.15, -0.1) is 0 Å². The minimum absolute atomic E-state index is 0.788. The molecule has 90 valence electrons. The first kappa shape index (κ1) is 10.5. The molecule has 1 N–H and O–H groups in total. The van der Waals surface area contributed by atoms with Crippen LogP contribution in [0.4, 0.5) is 0 Å². The summed E-state index contributed by atoms with van der Waals surface area (Å²) in [6.07, 6.45) is 0. The summed E-state index contributed by atoms with van der Waals surface area (Å²) in [7, 11) is 3.35. The molecular formula is C13H16N2O2. The SMILES string of the molecule is COc1ccc2c(cc3n2CCNC3)c1OC. The van der Waals surface area contributed by atoms with Crippen LogP contribution in [0.25, 0.3) is 10.9 Å². The van der Waals surface area contributed by atoms with Gasteiger partial charge < -0.3 is 19.4 Å². The number of ether oxygens (including phenoxy) is 2. The molecule has 17 heavy (non-hydrogen) atoms. The van der Waals surface area contributed by atoms with Crippen molar-refractivity contribution in [3.63, 3.8) is 0 Å². The van der Waals surface area contributed by atoms with Crippen molar-refractivity contribution in [2.75, 3.05) is 20.8 Å². The van der Waals surface area contributed by atoms with Gasteiger partial charge in [0.25, 0.3) is 0 Å². The van der Waals surface area contributed by atoms with E-state index < -0.39 is 0 Å². The van der Waals surface area contributed by atoms with E-state index in [2.05, 4.69) is 22.0 Å². The van der Waals surface area contributed by atoms with Crippen molar-refractivity contribution in [1.29, 1.82) is 0 Å². The zero-order valence-corrected chi connectivity index (χ0v) is 10.1. The Hall–Kier alpha value is -1.68. The highest BCUT2D eigenvalue weighted by molar-refractivity contribution is 5.90. The third-order valence-corrected chi connectivity index (χ3v) is 3.33. The predicted octanol–water partition coefficient (Wildman–Crippen LogP) is 1.76. The first-order valence-electron chi connectivity index (χ1n) is 5.79. The number of nitrogens with one attached hydrogen (secondary N) is 1. The number of hydrogen-bond acceptors (Lipinski definition) is 3. The van der Waals surface area contributed by atoms with Crippen molar-refractivity contribution < 1.29 is 9.47 Å². The smallest absolute Gasteiger partial charge is 0.170 e. The summed E-state index contributed by atoms with van der Waals surface area (Å²) in [5, 5.41) is 4.51. The van der Waals surface area contributed by atoms with Gasteiger partial charge in [-0.25, -0.2) is 0 Å². The van der Waals surface area contributed by atoms with Gasteiger partial charge in [0.15, 0.2) is 11.5 Å². The quantitative estimate of drug-likeness (QED) is 0.857. The second-order valence-corrected chi connectivity index (χ2v) is 4.20. The Balaban J connectivity index is 2.29. The molecule has 2 heterocycles. The van der Waals surface area contributed by atoms with Gasteiger partial charge in [0, 0.05) is 30.7 Å². The van der Waals surface area contributed by atoms with Gasteiger partial charge in [-0.3, -0.25) is 0 Å². The molecule has 1 aliphatic heterocycles. The third kappa shape index (κ3) is 1.48. The number of benzene rings is 1. The van der Waals surface area contributed by atoms with Gasteiger partial charge in [0.05, 0.1) is 19.7 Å². The molecular weight excluding hydrogens is 216 g/mol. The highest BCUT2D eigenvalue weighted by atomic mass is 16.5. The number of fused-ring (bicyclic) bond motifs is 3. The van der Waals surface area contributed by atoms with Crippen molar-refractivity contribution in [1.82, 2.24) is 9.88 Å². The van der Waals surface area contributed by atoms with E-state index in [4.69, 9.17) is 9.47 Å². The van der Waals surface area contributed by atoms with Gasteiger partial charge in [-0.1, -0.05) is 0 Å². The molecule has 1 aromatic carbocycles. The zero-order valence-electron chi connectivity index (χ0n) is 10.1. The first-order valence-corrected chi connectivity index (χ1v) is 5.79. The van der Waals surface area contributed by atoms with E-state index in [0.29, 0.717) is 0 Å². The Morgan fingerprint density at radius 1 is 1.24 bits per heavy atom. The summed E-state index contributed by atoms with van der Waals surface area (Å²) >= 11 is 0. The predicted molar refractivity (Wildman–Crippen MR) is 66.7 cm³/mol. The molecule has 0 radical (unpaired) electrons. The molecule has 0 spiro atoms. The van der Waals surface area contributed by atoms with E-state index in [1.165, 1.54) is 11.2 Å². The molecule has 0 aliphatic carbocycles. The molecule has 4 heteroatoms. The molecule has 1 aromatic heterocycles. The van der Waals surface area contributed by atoms with Crippen molar-refractivity contribution >= 4 is 10.9 Å². The lowest BCUT2D eigenvalue weighted by Gasteiger charge is -2.17. The molecule has 1 aliphatic rings. The highest BCUT2D eigenvalue weighted by Gasteiger charge is 2.17. The summed E-state index contributed by atoms with van der Waals surface area (Å²) in [4.78, 5) is 0. The first-order chi connectivity index (χ1) is 8.35. The van der Waals surface area contributed by atoms with Crippen LogP contribution < -0.4 is 14.8 Å². The van der Waals surface area contributed by atoms with Crippen LogP contribution in [0.3, 0.4) is 0 Å². The van der Waals surface area contributed by atoms with E-state index in [-0.39, 0.29) is 0 Å². The van der Waals surface area contributed by atoms with E-state index in [1.54, 1.807) is 14.2 Å². The van der Waals surface area contributed by atoms with Gasteiger partial charge in [-0.2, -0.15) is 0 Å². The van der Waals surface area contributed by atoms with Crippen LogP contribution in [0.5, 0.6) is 11.5 Å². The molecule has 0 fully saturated rings. The molecule has 0 saturated heterocycles. The fourth-order valence-electron chi connectivity index (χ4n) is 2.53. The second-order valence-electron chi connectivity index (χ2n) is 4.20. The minimum atomic E-state index is 0.788. The van der Waals surface area contributed by atoms with Gasteiger partial charge in [-0.05, 0) is 18.2 Å². The fraction of sp³-hybridized carbons (Fsp3) is 0.385. The summed E-state index contributed by atoms with van der Waals surface area (Å²) in [6.45, 7) is 2.94. The van der Waals surface area contributed by atoms with E-state index in [9.17, 15) is 0 Å². The second kappa shape index (κ2) is 3.96. The average molecular weight is 232 g/mol. The number of aromatic nitrogens is 1. The van der Waals surface area contributed by atoms with Crippen LogP contribution in [-0.4, -0.2) is 25.3 Å². The van der Waals surface area contributed by atoms with Crippen LogP contribution in [0, 0.1) is 0 Å². The monoisotopic (exact) mass is 232 g/mol. The van der Waals surface area contributed by atoms with Gasteiger partial charge in [0.2, 0.25) is 0 Å². The maximum Gasteiger partial charge on any atom is 0.170 e. The zero-order chi connectivity index (χ0) is 11.8. The lowest BCUT2D eigenvalue weighted by atomic mass is 10.2. The molecule has 4 nitrogen and oxygen atoms in total. The Morgan fingerprint density at radius 3 is 2.88 bits per heavy atom. The molecule has 0 unspecified atom stereocenters. The lowest BCUT2D eigenvalue weighted by Crippen LogP contribution is -2.27. The standard InChI is InChI=1S/C13H16N2O2/c1-16-12-4-3-11-10(13(12)17-2)7-9-8-14-5-6-15(9)11/h3-4,7,14H,5-6,8H2,1-2H3. The Labute approximate surface area is 100 Å². The van der Waals surface area contributed by atoms with Crippen LogP contribution >= 0.6 is 0 Å². The van der Waals surface area contributed by atoms with Crippen molar-refractivity contribution in [3.8, 4) is 11.5 Å². The number of hydrogen-bond donors (Lipinski definition) is 1. The van der Waals surface area contributed by atoms with Crippen LogP contribution in [0.1, 0.15) is 5.69 Å². The summed E-state index contributed by atoms with van der Waals surface area (Å²) < 4.78 is 13.1. The molecule has 0 saturated carbocycles. The molecule has 2 aromatic rings. The Kier molecular flexibility index (Phi) is 2.44. The van der Waals surface area contributed by atoms with Crippen molar-refractivity contribution in [2.24, 2.45) is 0 Å². The van der Waals surface area contributed by atoms with Crippen LogP contribution in [0.2, 0.25) is 0 Å². The average Bonchev–Trinajstić information content (AvgIpc) is 2.75. The van der Waals surface area contributed by atoms with Gasteiger partial charge >= 0.3 is 0 Å². The van der Waals surface area contributed by atoms with Crippen molar-refractivity contribution in [2.45, 2.75) is 13.1 Å². The normalized spacial score (nSPS) is 14.7. The summed E-state index contributed by atoms with van der Waals surface area (Å²) in [6, 6.07) is 6.25. The maximum absolute atomic E-state index is 5.47. The van der Waals surface area contributed by atoms with Crippen LogP contribution in [0.15, 0.2) is 18.2 Å². The van der Waals surface area contributed by atoms with E-state index in [0.717, 1.165) is 36.5 Å². The summed E-state index contributed by atoms with van der Waals surface area (Å²) in [5.41, 5.74) is 2.52. The fourth-order valence-corrected chi connectivity index (χ4v) is 2.53. The largest absolute Gasteiger partial charge is 0.493 e. The Bertz CT molecular complexity index is 560. The molecule has 0 bridgehead atoms. The highest BCUT2D eigenvalue weighted by Crippen LogP contribution is 2.37. The number of methoxy groups -OCH3 is 2. The third-order valence-electron chi connectivity index (χ3n) is 3.33. The van der Waals surface area contributed by atoms with Gasteiger partial charge in [0.1, 0.15) is 0 Å². The minimum Gasteiger partial charge on any atom is -0.493 e. The topological polar surface area (TPSA) is 35.4 Å². The van der Waals surface area contributed by atoms with Crippen molar-refractivity contribution in [3.05, 3.63) is 23.9 Å². The maximum atomic E-state index is 5.47. The molecule has 3 rings (SSSR count). The summed E-state index contributed by atoms with van der Waals surface area (Å²) in [5.74, 6) is 1.61. The van der Waals surface area contributed by atoms with E-state index >= 15 is 0 Å². The Morgan fingerprint density at radius 2 is 2.12 bits per heavy atom. The number of nitrogens with zero attached hydrogens (tertiary/aromatic N) is 1.